The molecule has 0 radical (unpaired) electrons. The quantitative estimate of drug-likeness (QED) is 0.792. The van der Waals surface area contributed by atoms with Gasteiger partial charge in [-0.2, -0.15) is 0 Å². The van der Waals surface area contributed by atoms with Gasteiger partial charge >= 0.3 is 0 Å². The first-order chi connectivity index (χ1) is 11.7. The van der Waals surface area contributed by atoms with Crippen LogP contribution in [-0.4, -0.2) is 15.9 Å². The fourth-order valence-corrected chi connectivity index (χ4v) is 3.50. The van der Waals surface area contributed by atoms with Crippen molar-refractivity contribution in [3.8, 4) is 0 Å². The lowest BCUT2D eigenvalue weighted by molar-refractivity contribution is 0.0951. The van der Waals surface area contributed by atoms with Gasteiger partial charge in [0.05, 0.1) is 10.5 Å². The average molecular weight is 338 g/mol. The van der Waals surface area contributed by atoms with Gasteiger partial charge in [-0.05, 0) is 48.6 Å². The first-order valence-corrected chi connectivity index (χ1v) is 8.38. The number of hydrogen-bond donors (Lipinski definition) is 1. The molecule has 0 saturated carbocycles. The summed E-state index contributed by atoms with van der Waals surface area (Å²) in [6, 6.07) is 9.29. The summed E-state index contributed by atoms with van der Waals surface area (Å²) in [5.74, 6) is -0.126. The number of pyridine rings is 2. The van der Waals surface area contributed by atoms with Crippen molar-refractivity contribution < 1.29 is 4.79 Å². The van der Waals surface area contributed by atoms with E-state index in [2.05, 4.69) is 10.3 Å². The molecule has 0 atom stereocenters. The Balaban J connectivity index is 1.60. The Bertz CT molecular complexity index is 925. The largest absolute Gasteiger partial charge is 0.348 e. The highest BCUT2D eigenvalue weighted by molar-refractivity contribution is 6.36. The molecule has 120 valence electrons. The first kappa shape index (κ1) is 15.1. The number of nitrogens with one attached hydrogen (secondary N) is 1. The fraction of sp³-hybridized carbons (Fsp3) is 0.211. The molecule has 0 unspecified atom stereocenters. The number of halogens is 1. The fourth-order valence-electron chi connectivity index (χ4n) is 3.13. The lowest BCUT2D eigenvalue weighted by Crippen LogP contribution is -2.22. The van der Waals surface area contributed by atoms with E-state index in [1.807, 2.05) is 24.3 Å². The molecule has 4 nitrogen and oxygen atoms in total. The Morgan fingerprint density at radius 1 is 1.25 bits per heavy atom. The normalized spacial score (nSPS) is 13.0. The lowest BCUT2D eigenvalue weighted by Gasteiger charge is -2.09. The van der Waals surface area contributed by atoms with Gasteiger partial charge in [0.1, 0.15) is 0 Å². The van der Waals surface area contributed by atoms with Gasteiger partial charge in [-0.25, -0.2) is 0 Å². The molecule has 1 amide bonds. The van der Waals surface area contributed by atoms with Gasteiger partial charge in [-0.3, -0.25) is 14.8 Å². The number of carbonyl (C=O) groups is 1. The average Bonchev–Trinajstić information content (AvgIpc) is 3.09. The second-order valence-electron chi connectivity index (χ2n) is 5.98. The maximum atomic E-state index is 12.4. The Hall–Kier alpha value is -2.46. The molecule has 1 N–H and O–H groups in total. The summed E-state index contributed by atoms with van der Waals surface area (Å²) < 4.78 is 0. The zero-order chi connectivity index (χ0) is 16.5. The lowest BCUT2D eigenvalue weighted by atomic mass is 10.1. The third-order valence-corrected chi connectivity index (χ3v) is 4.81. The van der Waals surface area contributed by atoms with Gasteiger partial charge < -0.3 is 5.32 Å². The molecule has 24 heavy (non-hydrogen) atoms. The van der Waals surface area contributed by atoms with Crippen molar-refractivity contribution in [1.29, 1.82) is 0 Å². The van der Waals surface area contributed by atoms with Gasteiger partial charge in [-0.15, -0.1) is 0 Å². The summed E-state index contributed by atoms with van der Waals surface area (Å²) in [7, 11) is 0. The van der Waals surface area contributed by atoms with E-state index < -0.39 is 0 Å². The van der Waals surface area contributed by atoms with Crippen molar-refractivity contribution >= 4 is 28.4 Å². The minimum Gasteiger partial charge on any atom is -0.348 e. The van der Waals surface area contributed by atoms with Crippen LogP contribution in [0.4, 0.5) is 0 Å². The zero-order valence-electron chi connectivity index (χ0n) is 13.1. The van der Waals surface area contributed by atoms with E-state index in [0.717, 1.165) is 52.0 Å². The second-order valence-corrected chi connectivity index (χ2v) is 6.36. The third kappa shape index (κ3) is 2.74. The number of rotatable bonds is 3. The van der Waals surface area contributed by atoms with E-state index in [9.17, 15) is 4.79 Å². The van der Waals surface area contributed by atoms with Crippen LogP contribution >= 0.6 is 11.6 Å². The van der Waals surface area contributed by atoms with Gasteiger partial charge in [0.15, 0.2) is 0 Å². The summed E-state index contributed by atoms with van der Waals surface area (Å²) in [5.41, 5.74) is 4.58. The number of fused-ring (bicyclic) bond motifs is 2. The number of aromatic nitrogens is 2. The van der Waals surface area contributed by atoms with Crippen molar-refractivity contribution in [2.75, 3.05) is 0 Å². The van der Waals surface area contributed by atoms with Gasteiger partial charge in [0.25, 0.3) is 5.91 Å². The van der Waals surface area contributed by atoms with E-state index in [4.69, 9.17) is 16.6 Å². The van der Waals surface area contributed by atoms with Crippen LogP contribution in [-0.2, 0) is 19.4 Å². The molecular weight excluding hydrogens is 322 g/mol. The molecule has 2 aromatic heterocycles. The zero-order valence-corrected chi connectivity index (χ0v) is 13.8. The highest BCUT2D eigenvalue weighted by atomic mass is 35.5. The number of nitrogens with zero attached hydrogens (tertiary/aromatic N) is 2. The minimum atomic E-state index is -0.126. The highest BCUT2D eigenvalue weighted by Crippen LogP contribution is 2.33. The van der Waals surface area contributed by atoms with Crippen LogP contribution in [0.15, 0.2) is 42.7 Å². The molecule has 1 aliphatic carbocycles. The number of amides is 1. The Labute approximate surface area is 144 Å². The molecule has 2 heterocycles. The second kappa shape index (κ2) is 6.21. The molecule has 1 aromatic carbocycles. The molecule has 4 rings (SSSR count). The summed E-state index contributed by atoms with van der Waals surface area (Å²) in [6.45, 7) is 0.448. The van der Waals surface area contributed by atoms with E-state index in [1.54, 1.807) is 18.5 Å². The van der Waals surface area contributed by atoms with Crippen molar-refractivity contribution in [1.82, 2.24) is 15.3 Å². The number of hydrogen-bond acceptors (Lipinski definition) is 3. The van der Waals surface area contributed by atoms with Gasteiger partial charge in [-0.1, -0.05) is 23.7 Å². The molecule has 0 bridgehead atoms. The van der Waals surface area contributed by atoms with Crippen molar-refractivity contribution in [2.45, 2.75) is 25.8 Å². The summed E-state index contributed by atoms with van der Waals surface area (Å²) >= 11 is 6.51. The highest BCUT2D eigenvalue weighted by Gasteiger charge is 2.19. The number of benzene rings is 1. The monoisotopic (exact) mass is 337 g/mol. The van der Waals surface area contributed by atoms with Crippen LogP contribution in [0.25, 0.3) is 10.9 Å². The predicted molar refractivity (Wildman–Crippen MR) is 94.2 cm³/mol. The predicted octanol–water partition coefficient (Wildman–Crippen LogP) is 3.70. The molecule has 1 aliphatic rings. The van der Waals surface area contributed by atoms with E-state index in [1.165, 1.54) is 0 Å². The van der Waals surface area contributed by atoms with Crippen LogP contribution in [0.1, 0.15) is 33.6 Å². The molecule has 0 spiro atoms. The molecule has 5 heteroatoms. The summed E-state index contributed by atoms with van der Waals surface area (Å²) in [5, 5.41) is 4.61. The van der Waals surface area contributed by atoms with Crippen LogP contribution in [0.5, 0.6) is 0 Å². The Morgan fingerprint density at radius 2 is 2.17 bits per heavy atom. The topological polar surface area (TPSA) is 54.9 Å². The van der Waals surface area contributed by atoms with Crippen molar-refractivity contribution in [3.63, 3.8) is 0 Å². The number of aryl methyl sites for hydroxylation is 1. The molecule has 3 aromatic rings. The van der Waals surface area contributed by atoms with Crippen LogP contribution in [0, 0.1) is 0 Å². The first-order valence-electron chi connectivity index (χ1n) is 8.00. The molecular formula is C19H16ClN3O. The maximum absolute atomic E-state index is 12.4. The van der Waals surface area contributed by atoms with E-state index in [0.29, 0.717) is 12.1 Å². The maximum Gasteiger partial charge on any atom is 0.251 e. The molecule has 0 saturated heterocycles. The standard InChI is InChI=1S/C19H16ClN3O/c20-18-14-4-1-5-16(14)23-17-9-13(6-7-15(17)18)19(24)22-11-12-3-2-8-21-10-12/h2-3,6-10H,1,4-5,11H2,(H,22,24). The summed E-state index contributed by atoms with van der Waals surface area (Å²) in [6.07, 6.45) is 6.50. The van der Waals surface area contributed by atoms with E-state index in [-0.39, 0.29) is 5.91 Å². The van der Waals surface area contributed by atoms with Crippen molar-refractivity contribution in [3.05, 3.63) is 70.1 Å². The number of carbonyl (C=O) groups excluding carboxylic acids is 1. The molecule has 0 aliphatic heterocycles. The summed E-state index contributed by atoms with van der Waals surface area (Å²) in [4.78, 5) is 21.1. The third-order valence-electron chi connectivity index (χ3n) is 4.38. The minimum absolute atomic E-state index is 0.126. The Morgan fingerprint density at radius 3 is 3.00 bits per heavy atom. The van der Waals surface area contributed by atoms with Crippen LogP contribution in [0.3, 0.4) is 0 Å². The van der Waals surface area contributed by atoms with Crippen LogP contribution in [0.2, 0.25) is 5.02 Å². The van der Waals surface area contributed by atoms with E-state index >= 15 is 0 Å². The van der Waals surface area contributed by atoms with Gasteiger partial charge in [0, 0.05) is 35.6 Å². The smallest absolute Gasteiger partial charge is 0.251 e. The van der Waals surface area contributed by atoms with Crippen molar-refractivity contribution in [2.24, 2.45) is 0 Å². The molecule has 0 fully saturated rings. The van der Waals surface area contributed by atoms with Gasteiger partial charge in [0.2, 0.25) is 0 Å². The van der Waals surface area contributed by atoms with Crippen LogP contribution < -0.4 is 5.32 Å². The Kier molecular flexibility index (Phi) is 3.90. The SMILES string of the molecule is O=C(NCc1cccnc1)c1ccc2c(Cl)c3c(nc2c1)CCC3.